The van der Waals surface area contributed by atoms with Crippen LogP contribution in [0.15, 0.2) is 48.5 Å². The van der Waals surface area contributed by atoms with Gasteiger partial charge in [0.1, 0.15) is 11.6 Å². The molecule has 0 spiro atoms. The van der Waals surface area contributed by atoms with Gasteiger partial charge in [-0.2, -0.15) is 0 Å². The number of benzene rings is 2. The Morgan fingerprint density at radius 3 is 2.50 bits per heavy atom. The summed E-state index contributed by atoms with van der Waals surface area (Å²) < 4.78 is 27.1. The highest BCUT2D eigenvalue weighted by atomic mass is 19.1. The Morgan fingerprint density at radius 1 is 1.14 bits per heavy atom. The average Bonchev–Trinajstić information content (AvgIpc) is 2.68. The molecule has 0 aliphatic carbocycles. The number of nitrogens with one attached hydrogen (secondary N) is 1. The van der Waals surface area contributed by atoms with Crippen molar-refractivity contribution < 1.29 is 18.7 Å². The van der Waals surface area contributed by atoms with Crippen molar-refractivity contribution in [3.8, 4) is 0 Å². The largest absolute Gasteiger partial charge is 0.481 e. The van der Waals surface area contributed by atoms with Crippen molar-refractivity contribution >= 4 is 11.7 Å². The van der Waals surface area contributed by atoms with E-state index in [1.54, 1.807) is 0 Å². The highest BCUT2D eigenvalue weighted by Gasteiger charge is 2.24. The van der Waals surface area contributed by atoms with Crippen LogP contribution in [-0.4, -0.2) is 36.2 Å². The number of hydrogen-bond donors (Lipinski definition) is 2. The number of halogens is 2. The van der Waals surface area contributed by atoms with E-state index in [4.69, 9.17) is 5.11 Å². The molecule has 150 valence electrons. The van der Waals surface area contributed by atoms with E-state index >= 15 is 0 Å². The number of piperidine rings is 1. The fourth-order valence-electron chi connectivity index (χ4n) is 3.80. The van der Waals surface area contributed by atoms with Crippen molar-refractivity contribution in [1.29, 1.82) is 0 Å². The van der Waals surface area contributed by atoms with E-state index in [9.17, 15) is 13.6 Å². The smallest absolute Gasteiger partial charge is 0.303 e. The van der Waals surface area contributed by atoms with Gasteiger partial charge in [-0.3, -0.25) is 4.79 Å². The van der Waals surface area contributed by atoms with Crippen molar-refractivity contribution in [2.24, 2.45) is 0 Å². The van der Waals surface area contributed by atoms with Crippen LogP contribution in [0, 0.1) is 11.6 Å². The standard InChI is InChI=1S/C22H26F2N2O2/c23-17-6-8-21(20(24)15-17)26-12-10-18(11-13-26)25-19(7-9-22(27)28)14-16-4-2-1-3-5-16/h1-6,8,15,18-19,25H,7,9-14H2,(H,27,28). The summed E-state index contributed by atoms with van der Waals surface area (Å²) >= 11 is 0. The number of nitrogens with zero attached hydrogens (tertiary/aromatic N) is 1. The molecular formula is C22H26F2N2O2. The monoisotopic (exact) mass is 388 g/mol. The van der Waals surface area contributed by atoms with Gasteiger partial charge in [0.05, 0.1) is 5.69 Å². The molecule has 2 aromatic carbocycles. The van der Waals surface area contributed by atoms with E-state index in [1.165, 1.54) is 17.7 Å². The predicted octanol–water partition coefficient (Wildman–Crippen LogP) is 4.00. The molecule has 0 aromatic heterocycles. The second kappa shape index (κ2) is 9.64. The minimum Gasteiger partial charge on any atom is -0.481 e. The van der Waals surface area contributed by atoms with E-state index in [0.717, 1.165) is 25.3 Å². The lowest BCUT2D eigenvalue weighted by Gasteiger charge is -2.36. The lowest BCUT2D eigenvalue weighted by atomic mass is 9.97. The van der Waals surface area contributed by atoms with Crippen LogP contribution in [-0.2, 0) is 11.2 Å². The maximum absolute atomic E-state index is 14.0. The van der Waals surface area contributed by atoms with Gasteiger partial charge in [-0.1, -0.05) is 30.3 Å². The van der Waals surface area contributed by atoms with Crippen LogP contribution in [0.2, 0.25) is 0 Å². The Kier molecular flexibility index (Phi) is 6.98. The number of carboxylic acid groups (broad SMARTS) is 1. The Balaban J connectivity index is 1.57. The number of anilines is 1. The normalized spacial score (nSPS) is 16.1. The number of aliphatic carboxylic acids is 1. The molecule has 2 aromatic rings. The van der Waals surface area contributed by atoms with Gasteiger partial charge in [-0.15, -0.1) is 0 Å². The molecule has 1 saturated heterocycles. The molecule has 1 atom stereocenters. The lowest BCUT2D eigenvalue weighted by molar-refractivity contribution is -0.137. The van der Waals surface area contributed by atoms with Gasteiger partial charge in [-0.05, 0) is 43.4 Å². The molecule has 1 aliphatic rings. The summed E-state index contributed by atoms with van der Waals surface area (Å²) in [6, 6.07) is 14.1. The van der Waals surface area contributed by atoms with Gasteiger partial charge < -0.3 is 15.3 Å². The summed E-state index contributed by atoms with van der Waals surface area (Å²) in [6.07, 6.45) is 3.13. The summed E-state index contributed by atoms with van der Waals surface area (Å²) in [7, 11) is 0. The number of rotatable bonds is 8. The lowest BCUT2D eigenvalue weighted by Crippen LogP contribution is -2.47. The average molecular weight is 388 g/mol. The first-order valence-corrected chi connectivity index (χ1v) is 9.73. The first kappa shape index (κ1) is 20.3. The summed E-state index contributed by atoms with van der Waals surface area (Å²) in [4.78, 5) is 12.9. The molecule has 2 N–H and O–H groups in total. The second-order valence-electron chi connectivity index (χ2n) is 7.34. The van der Waals surface area contributed by atoms with Crippen LogP contribution in [0.3, 0.4) is 0 Å². The predicted molar refractivity (Wildman–Crippen MR) is 106 cm³/mol. The van der Waals surface area contributed by atoms with Gasteiger partial charge in [0, 0.05) is 37.7 Å². The molecule has 3 rings (SSSR count). The van der Waals surface area contributed by atoms with Crippen molar-refractivity contribution in [1.82, 2.24) is 5.32 Å². The van der Waals surface area contributed by atoms with Crippen LogP contribution in [0.25, 0.3) is 0 Å². The highest BCUT2D eigenvalue weighted by Crippen LogP contribution is 2.24. The Bertz CT molecular complexity index is 777. The van der Waals surface area contributed by atoms with Crippen LogP contribution in [0.4, 0.5) is 14.5 Å². The molecule has 0 amide bonds. The highest BCUT2D eigenvalue weighted by molar-refractivity contribution is 5.66. The first-order chi connectivity index (χ1) is 13.5. The molecule has 1 fully saturated rings. The number of carbonyl (C=O) groups is 1. The van der Waals surface area contributed by atoms with Gasteiger partial charge >= 0.3 is 5.97 Å². The Labute approximate surface area is 164 Å². The fraction of sp³-hybridized carbons (Fsp3) is 0.409. The molecule has 1 aliphatic heterocycles. The molecule has 0 radical (unpaired) electrons. The van der Waals surface area contributed by atoms with Crippen molar-refractivity contribution in [3.63, 3.8) is 0 Å². The van der Waals surface area contributed by atoms with Gasteiger partial charge in [0.25, 0.3) is 0 Å². The second-order valence-corrected chi connectivity index (χ2v) is 7.34. The van der Waals surface area contributed by atoms with E-state index in [0.29, 0.717) is 25.2 Å². The SMILES string of the molecule is O=C(O)CCC(Cc1ccccc1)NC1CCN(c2ccc(F)cc2F)CC1. The molecule has 1 unspecified atom stereocenters. The van der Waals surface area contributed by atoms with Gasteiger partial charge in [0.2, 0.25) is 0 Å². The Morgan fingerprint density at radius 2 is 1.86 bits per heavy atom. The maximum Gasteiger partial charge on any atom is 0.303 e. The molecule has 1 heterocycles. The number of carboxylic acids is 1. The molecule has 28 heavy (non-hydrogen) atoms. The van der Waals surface area contributed by atoms with Gasteiger partial charge in [0.15, 0.2) is 0 Å². The molecule has 0 bridgehead atoms. The zero-order valence-electron chi connectivity index (χ0n) is 15.8. The fourth-order valence-corrected chi connectivity index (χ4v) is 3.80. The summed E-state index contributed by atoms with van der Waals surface area (Å²) in [5, 5.41) is 12.7. The minimum absolute atomic E-state index is 0.0811. The quantitative estimate of drug-likeness (QED) is 0.718. The van der Waals surface area contributed by atoms with Crippen LogP contribution in [0.1, 0.15) is 31.2 Å². The van der Waals surface area contributed by atoms with Crippen LogP contribution < -0.4 is 10.2 Å². The van der Waals surface area contributed by atoms with E-state index < -0.39 is 17.6 Å². The van der Waals surface area contributed by atoms with Crippen molar-refractivity contribution in [2.75, 3.05) is 18.0 Å². The third-order valence-corrected chi connectivity index (χ3v) is 5.25. The molecular weight excluding hydrogens is 362 g/mol. The third kappa shape index (κ3) is 5.76. The summed E-state index contributed by atoms with van der Waals surface area (Å²) in [5.41, 5.74) is 1.61. The van der Waals surface area contributed by atoms with E-state index in [1.807, 2.05) is 23.1 Å². The number of hydrogen-bond acceptors (Lipinski definition) is 3. The minimum atomic E-state index is -0.790. The zero-order chi connectivity index (χ0) is 19.9. The summed E-state index contributed by atoms with van der Waals surface area (Å²) in [6.45, 7) is 1.36. The topological polar surface area (TPSA) is 52.6 Å². The van der Waals surface area contributed by atoms with E-state index in [2.05, 4.69) is 17.4 Å². The third-order valence-electron chi connectivity index (χ3n) is 5.25. The molecule has 6 heteroatoms. The van der Waals surface area contributed by atoms with Gasteiger partial charge in [-0.25, -0.2) is 8.78 Å². The zero-order valence-corrected chi connectivity index (χ0v) is 15.8. The van der Waals surface area contributed by atoms with Crippen molar-refractivity contribution in [3.05, 3.63) is 65.7 Å². The van der Waals surface area contributed by atoms with Crippen LogP contribution in [0.5, 0.6) is 0 Å². The molecule has 4 nitrogen and oxygen atoms in total. The Hall–Kier alpha value is -2.47. The first-order valence-electron chi connectivity index (χ1n) is 9.73. The van der Waals surface area contributed by atoms with Crippen molar-refractivity contribution in [2.45, 2.75) is 44.2 Å². The summed E-state index contributed by atoms with van der Waals surface area (Å²) in [5.74, 6) is -1.89. The van der Waals surface area contributed by atoms with Crippen LogP contribution >= 0.6 is 0 Å². The van der Waals surface area contributed by atoms with E-state index in [-0.39, 0.29) is 18.5 Å². The maximum atomic E-state index is 14.0. The molecule has 0 saturated carbocycles.